The molecule has 0 fully saturated rings. The molecule has 0 unspecified atom stereocenters. The SMILES string of the molecule is Clc1ccc(COc2ccccc2Cl)s1. The summed E-state index contributed by atoms with van der Waals surface area (Å²) in [6.45, 7) is 0.501. The van der Waals surface area contributed by atoms with Gasteiger partial charge in [-0.05, 0) is 24.3 Å². The number of benzene rings is 1. The second kappa shape index (κ2) is 4.88. The Morgan fingerprint density at radius 3 is 2.53 bits per heavy atom. The van der Waals surface area contributed by atoms with Gasteiger partial charge in [-0.2, -0.15) is 0 Å². The molecule has 0 radical (unpaired) electrons. The molecule has 0 amide bonds. The molecule has 0 atom stereocenters. The van der Waals surface area contributed by atoms with Gasteiger partial charge in [0.25, 0.3) is 0 Å². The highest BCUT2D eigenvalue weighted by Crippen LogP contribution is 2.26. The number of rotatable bonds is 3. The molecule has 0 aliphatic rings. The van der Waals surface area contributed by atoms with E-state index in [0.717, 1.165) is 9.21 Å². The summed E-state index contributed by atoms with van der Waals surface area (Å²) >= 11 is 13.3. The highest BCUT2D eigenvalue weighted by atomic mass is 35.5. The fourth-order valence-corrected chi connectivity index (χ4v) is 2.33. The maximum Gasteiger partial charge on any atom is 0.138 e. The van der Waals surface area contributed by atoms with Crippen molar-refractivity contribution < 1.29 is 4.74 Å². The number of ether oxygens (including phenoxy) is 1. The summed E-state index contributed by atoms with van der Waals surface area (Å²) < 4.78 is 6.33. The Labute approximate surface area is 102 Å². The molecule has 1 heterocycles. The molecule has 1 nitrogen and oxygen atoms in total. The Kier molecular flexibility index (Phi) is 3.52. The molecular formula is C11H8Cl2OS. The van der Waals surface area contributed by atoms with E-state index in [4.69, 9.17) is 27.9 Å². The van der Waals surface area contributed by atoms with Gasteiger partial charge in [-0.15, -0.1) is 11.3 Å². The van der Waals surface area contributed by atoms with E-state index in [1.807, 2.05) is 30.3 Å². The van der Waals surface area contributed by atoms with Crippen molar-refractivity contribution in [2.45, 2.75) is 6.61 Å². The Bertz CT molecular complexity index is 453. The van der Waals surface area contributed by atoms with Crippen LogP contribution in [0.15, 0.2) is 36.4 Å². The van der Waals surface area contributed by atoms with Crippen molar-refractivity contribution in [1.82, 2.24) is 0 Å². The summed E-state index contributed by atoms with van der Waals surface area (Å²) in [7, 11) is 0. The molecule has 78 valence electrons. The van der Waals surface area contributed by atoms with E-state index in [-0.39, 0.29) is 0 Å². The smallest absolute Gasteiger partial charge is 0.138 e. The molecule has 4 heteroatoms. The van der Waals surface area contributed by atoms with Crippen molar-refractivity contribution in [2.24, 2.45) is 0 Å². The molecule has 2 aromatic rings. The highest BCUT2D eigenvalue weighted by molar-refractivity contribution is 7.16. The highest BCUT2D eigenvalue weighted by Gasteiger charge is 2.02. The topological polar surface area (TPSA) is 9.23 Å². The molecule has 0 aliphatic carbocycles. The molecule has 0 saturated heterocycles. The van der Waals surface area contributed by atoms with Crippen molar-refractivity contribution >= 4 is 34.5 Å². The Morgan fingerprint density at radius 1 is 1.07 bits per heavy atom. The van der Waals surface area contributed by atoms with E-state index < -0.39 is 0 Å². The van der Waals surface area contributed by atoms with Crippen LogP contribution in [0.2, 0.25) is 9.36 Å². The van der Waals surface area contributed by atoms with Gasteiger partial charge in [0, 0.05) is 4.88 Å². The van der Waals surface area contributed by atoms with Crippen LogP contribution in [-0.2, 0) is 6.61 Å². The lowest BCUT2D eigenvalue weighted by Crippen LogP contribution is -1.92. The summed E-state index contributed by atoms with van der Waals surface area (Å²) in [6, 6.07) is 11.2. The largest absolute Gasteiger partial charge is 0.487 e. The molecular weight excluding hydrogens is 251 g/mol. The summed E-state index contributed by atoms with van der Waals surface area (Å²) in [5.74, 6) is 0.698. The first-order valence-corrected chi connectivity index (χ1v) is 5.94. The summed E-state index contributed by atoms with van der Waals surface area (Å²) in [4.78, 5) is 1.08. The van der Waals surface area contributed by atoms with Crippen LogP contribution in [0.5, 0.6) is 5.75 Å². The van der Waals surface area contributed by atoms with Crippen LogP contribution in [0, 0.1) is 0 Å². The van der Waals surface area contributed by atoms with Crippen LogP contribution in [0.3, 0.4) is 0 Å². The zero-order chi connectivity index (χ0) is 10.7. The van der Waals surface area contributed by atoms with Crippen molar-refractivity contribution in [3.8, 4) is 5.75 Å². The predicted molar refractivity (Wildman–Crippen MR) is 65.1 cm³/mol. The third-order valence-corrected chi connectivity index (χ3v) is 3.35. The van der Waals surface area contributed by atoms with Crippen molar-refractivity contribution in [3.63, 3.8) is 0 Å². The molecule has 1 aromatic carbocycles. The third kappa shape index (κ3) is 2.88. The zero-order valence-electron chi connectivity index (χ0n) is 7.74. The third-order valence-electron chi connectivity index (χ3n) is 1.84. The van der Waals surface area contributed by atoms with E-state index in [9.17, 15) is 0 Å². The van der Waals surface area contributed by atoms with Crippen LogP contribution in [0.25, 0.3) is 0 Å². The quantitative estimate of drug-likeness (QED) is 0.780. The number of para-hydroxylation sites is 1. The maximum absolute atomic E-state index is 5.95. The first kappa shape index (κ1) is 10.8. The average Bonchev–Trinajstić information content (AvgIpc) is 2.63. The zero-order valence-corrected chi connectivity index (χ0v) is 10.1. The fourth-order valence-electron chi connectivity index (χ4n) is 1.14. The molecule has 0 spiro atoms. The fraction of sp³-hybridized carbons (Fsp3) is 0.0909. The van der Waals surface area contributed by atoms with Crippen LogP contribution >= 0.6 is 34.5 Å². The molecule has 0 N–H and O–H groups in total. The molecule has 15 heavy (non-hydrogen) atoms. The van der Waals surface area contributed by atoms with Crippen LogP contribution < -0.4 is 4.74 Å². The van der Waals surface area contributed by atoms with Gasteiger partial charge in [0.2, 0.25) is 0 Å². The molecule has 1 aromatic heterocycles. The van der Waals surface area contributed by atoms with E-state index in [2.05, 4.69) is 0 Å². The second-order valence-corrected chi connectivity index (χ2v) is 5.13. The van der Waals surface area contributed by atoms with Crippen molar-refractivity contribution in [3.05, 3.63) is 50.6 Å². The lowest BCUT2D eigenvalue weighted by atomic mass is 10.3. The number of hydrogen-bond acceptors (Lipinski definition) is 2. The molecule has 0 saturated carbocycles. The van der Waals surface area contributed by atoms with Gasteiger partial charge in [-0.25, -0.2) is 0 Å². The van der Waals surface area contributed by atoms with E-state index in [1.54, 1.807) is 6.07 Å². The maximum atomic E-state index is 5.95. The Balaban J connectivity index is 2.02. The average molecular weight is 259 g/mol. The van der Waals surface area contributed by atoms with E-state index in [1.165, 1.54) is 11.3 Å². The first-order valence-electron chi connectivity index (χ1n) is 4.37. The van der Waals surface area contributed by atoms with Gasteiger partial charge in [0.1, 0.15) is 12.4 Å². The molecule has 0 aliphatic heterocycles. The van der Waals surface area contributed by atoms with Gasteiger partial charge < -0.3 is 4.74 Å². The number of halogens is 2. The molecule has 2 rings (SSSR count). The van der Waals surface area contributed by atoms with Crippen LogP contribution in [-0.4, -0.2) is 0 Å². The summed E-state index contributed by atoms with van der Waals surface area (Å²) in [5.41, 5.74) is 0. The van der Waals surface area contributed by atoms with Gasteiger partial charge in [-0.1, -0.05) is 35.3 Å². The predicted octanol–water partition coefficient (Wildman–Crippen LogP) is 4.63. The van der Waals surface area contributed by atoms with Gasteiger partial charge in [-0.3, -0.25) is 0 Å². The lowest BCUT2D eigenvalue weighted by Gasteiger charge is -2.05. The number of hydrogen-bond donors (Lipinski definition) is 0. The standard InChI is InChI=1S/C11H8Cl2OS/c12-9-3-1-2-4-10(9)14-7-8-5-6-11(13)15-8/h1-6H,7H2. The lowest BCUT2D eigenvalue weighted by molar-refractivity contribution is 0.310. The van der Waals surface area contributed by atoms with Gasteiger partial charge >= 0.3 is 0 Å². The van der Waals surface area contributed by atoms with Crippen LogP contribution in [0.1, 0.15) is 4.88 Å². The minimum Gasteiger partial charge on any atom is -0.487 e. The summed E-state index contributed by atoms with van der Waals surface area (Å²) in [6.07, 6.45) is 0. The first-order chi connectivity index (χ1) is 7.25. The minimum atomic E-state index is 0.501. The minimum absolute atomic E-state index is 0.501. The summed E-state index contributed by atoms with van der Waals surface area (Å²) in [5, 5.41) is 0.625. The van der Waals surface area contributed by atoms with Crippen LogP contribution in [0.4, 0.5) is 0 Å². The van der Waals surface area contributed by atoms with E-state index in [0.29, 0.717) is 17.4 Å². The number of thiophene rings is 1. The Hall–Kier alpha value is -0.700. The normalized spacial score (nSPS) is 10.3. The Morgan fingerprint density at radius 2 is 1.87 bits per heavy atom. The monoisotopic (exact) mass is 258 g/mol. The van der Waals surface area contributed by atoms with Gasteiger partial charge in [0.05, 0.1) is 9.36 Å². The van der Waals surface area contributed by atoms with E-state index >= 15 is 0 Å². The van der Waals surface area contributed by atoms with Gasteiger partial charge in [0.15, 0.2) is 0 Å². The van der Waals surface area contributed by atoms with Crippen molar-refractivity contribution in [1.29, 1.82) is 0 Å². The van der Waals surface area contributed by atoms with Crippen molar-refractivity contribution in [2.75, 3.05) is 0 Å². The second-order valence-electron chi connectivity index (χ2n) is 2.92. The molecule has 0 bridgehead atoms.